The molecule has 0 aromatic heterocycles. The first-order valence-electron chi connectivity index (χ1n) is 12.3. The van der Waals surface area contributed by atoms with Gasteiger partial charge in [-0.3, -0.25) is 19.2 Å². The first-order valence-corrected chi connectivity index (χ1v) is 12.3. The highest BCUT2D eigenvalue weighted by Gasteiger charge is 2.39. The van der Waals surface area contributed by atoms with E-state index in [1.54, 1.807) is 10.6 Å². The molecule has 0 aliphatic carbocycles. The Morgan fingerprint density at radius 1 is 0.545 bits per heavy atom. The number of benzene rings is 3. The van der Waals surface area contributed by atoms with Gasteiger partial charge >= 0.3 is 24.2 Å². The third-order valence-electron chi connectivity index (χ3n) is 5.65. The molecule has 0 atom stereocenters. The number of carbonyl (C=O) groups excluding carboxylic acids is 4. The van der Waals surface area contributed by atoms with Crippen LogP contribution < -0.4 is 21.5 Å². The second kappa shape index (κ2) is 13.6. The molecule has 0 aliphatic heterocycles. The Kier molecular flexibility index (Phi) is 10.2. The van der Waals surface area contributed by atoms with Gasteiger partial charge in [-0.2, -0.15) is 36.5 Å². The maximum atomic E-state index is 12.5. The second-order valence-electron chi connectivity index (χ2n) is 8.92. The molecule has 3 aromatic carbocycles. The standard InChI is InChI=1S/C28H22F6N6O4/c1-15(19-5-3-7-21(13-19)35-25(43)27(29,30)31)37-39-23(41)17-9-11-18(12-10-17)24(42)40-38-16(2)20-6-4-8-22(14-20)36-26(44)28(32,33)34/h3-14H,1-2H3,(H,35,43)(H,36,44)(H,39,41)(H,40,42)/b37-15+,38-16+. The van der Waals surface area contributed by atoms with E-state index in [1.807, 2.05) is 0 Å². The van der Waals surface area contributed by atoms with Gasteiger partial charge in [0.1, 0.15) is 0 Å². The van der Waals surface area contributed by atoms with Crippen LogP contribution in [0.1, 0.15) is 45.7 Å². The van der Waals surface area contributed by atoms with Gasteiger partial charge in [-0.05, 0) is 73.5 Å². The molecule has 10 nitrogen and oxygen atoms in total. The molecule has 3 rings (SSSR count). The van der Waals surface area contributed by atoms with Crippen molar-refractivity contribution in [3.8, 4) is 0 Å². The van der Waals surface area contributed by atoms with Crippen LogP contribution >= 0.6 is 0 Å². The third-order valence-corrected chi connectivity index (χ3v) is 5.65. The maximum absolute atomic E-state index is 12.5. The number of nitrogens with zero attached hydrogens (tertiary/aromatic N) is 2. The van der Waals surface area contributed by atoms with Crippen molar-refractivity contribution in [2.45, 2.75) is 26.2 Å². The highest BCUT2D eigenvalue weighted by molar-refractivity contribution is 6.04. The molecule has 0 bridgehead atoms. The van der Waals surface area contributed by atoms with Gasteiger partial charge in [0.05, 0.1) is 11.4 Å². The van der Waals surface area contributed by atoms with Gasteiger partial charge in [-0.1, -0.05) is 24.3 Å². The van der Waals surface area contributed by atoms with Crippen LogP contribution in [-0.2, 0) is 9.59 Å². The van der Waals surface area contributed by atoms with Gasteiger partial charge in [0.25, 0.3) is 11.8 Å². The van der Waals surface area contributed by atoms with Crippen LogP contribution in [0.15, 0.2) is 83.0 Å². The van der Waals surface area contributed by atoms with Crippen molar-refractivity contribution in [3.05, 3.63) is 95.1 Å². The van der Waals surface area contributed by atoms with E-state index in [2.05, 4.69) is 21.1 Å². The Labute approximate surface area is 245 Å². The number of anilines is 2. The Morgan fingerprint density at radius 2 is 0.886 bits per heavy atom. The predicted molar refractivity (Wildman–Crippen MR) is 148 cm³/mol. The van der Waals surface area contributed by atoms with Crippen molar-refractivity contribution in [2.75, 3.05) is 10.6 Å². The predicted octanol–water partition coefficient (Wildman–Crippen LogP) is 5.00. The van der Waals surface area contributed by atoms with E-state index in [1.165, 1.54) is 86.6 Å². The highest BCUT2D eigenvalue weighted by Crippen LogP contribution is 2.20. The second-order valence-corrected chi connectivity index (χ2v) is 8.92. The zero-order valence-corrected chi connectivity index (χ0v) is 22.7. The molecule has 0 fully saturated rings. The average molecular weight is 621 g/mol. The molecule has 0 saturated carbocycles. The van der Waals surface area contributed by atoms with Crippen LogP contribution in [0.3, 0.4) is 0 Å². The summed E-state index contributed by atoms with van der Waals surface area (Å²) < 4.78 is 75.0. The minimum Gasteiger partial charge on any atom is -0.318 e. The molecule has 0 radical (unpaired) electrons. The number of alkyl halides is 6. The summed E-state index contributed by atoms with van der Waals surface area (Å²) >= 11 is 0. The summed E-state index contributed by atoms with van der Waals surface area (Å²) in [5, 5.41) is 11.3. The molecule has 0 saturated heterocycles. The fourth-order valence-corrected chi connectivity index (χ4v) is 3.35. The summed E-state index contributed by atoms with van der Waals surface area (Å²) in [5.41, 5.74) is 5.64. The molecule has 3 aromatic rings. The van der Waals surface area contributed by atoms with Crippen LogP contribution in [0.5, 0.6) is 0 Å². The molecule has 0 aliphatic rings. The molecule has 230 valence electrons. The summed E-state index contributed by atoms with van der Waals surface area (Å²) in [7, 11) is 0. The van der Waals surface area contributed by atoms with E-state index < -0.39 is 36.0 Å². The first-order chi connectivity index (χ1) is 20.5. The minimum absolute atomic E-state index is 0.113. The molecular formula is C28H22F6N6O4. The number of hydrazone groups is 2. The Bertz CT molecular complexity index is 1510. The third kappa shape index (κ3) is 9.23. The lowest BCUT2D eigenvalue weighted by Gasteiger charge is -2.09. The number of rotatable bonds is 8. The topological polar surface area (TPSA) is 141 Å². The number of hydrogen-bond donors (Lipinski definition) is 4. The molecule has 4 N–H and O–H groups in total. The van der Waals surface area contributed by atoms with Crippen molar-refractivity contribution in [2.24, 2.45) is 10.2 Å². The summed E-state index contributed by atoms with van der Waals surface area (Å²) in [6.45, 7) is 2.96. The van der Waals surface area contributed by atoms with Gasteiger partial charge in [-0.15, -0.1) is 0 Å². The van der Waals surface area contributed by atoms with Crippen molar-refractivity contribution < 1.29 is 45.5 Å². The quantitative estimate of drug-likeness (QED) is 0.160. The number of carbonyl (C=O) groups is 4. The number of amides is 4. The van der Waals surface area contributed by atoms with Crippen molar-refractivity contribution >= 4 is 46.4 Å². The van der Waals surface area contributed by atoms with Gasteiger partial charge in [0.2, 0.25) is 0 Å². The number of nitrogens with one attached hydrogen (secondary N) is 4. The lowest BCUT2D eigenvalue weighted by molar-refractivity contribution is -0.167. The van der Waals surface area contributed by atoms with Gasteiger partial charge in [0, 0.05) is 22.5 Å². The molecule has 44 heavy (non-hydrogen) atoms. The van der Waals surface area contributed by atoms with E-state index in [9.17, 15) is 45.5 Å². The summed E-state index contributed by atoms with van der Waals surface area (Å²) in [4.78, 5) is 47.3. The molecule has 0 spiro atoms. The number of halogens is 6. The normalized spacial score (nSPS) is 12.3. The largest absolute Gasteiger partial charge is 0.471 e. The Morgan fingerprint density at radius 3 is 1.20 bits per heavy atom. The van der Waals surface area contributed by atoms with E-state index in [4.69, 9.17) is 0 Å². The fourth-order valence-electron chi connectivity index (χ4n) is 3.35. The lowest BCUT2D eigenvalue weighted by Crippen LogP contribution is -2.30. The molecule has 16 heteroatoms. The van der Waals surface area contributed by atoms with Crippen molar-refractivity contribution in [3.63, 3.8) is 0 Å². The summed E-state index contributed by atoms with van der Waals surface area (Å²) in [6, 6.07) is 16.1. The van der Waals surface area contributed by atoms with Crippen LogP contribution in [0.2, 0.25) is 0 Å². The molecule has 0 heterocycles. The van der Waals surface area contributed by atoms with Crippen LogP contribution in [-0.4, -0.2) is 47.4 Å². The monoisotopic (exact) mass is 620 g/mol. The number of hydrogen-bond acceptors (Lipinski definition) is 6. The smallest absolute Gasteiger partial charge is 0.318 e. The maximum Gasteiger partial charge on any atom is 0.471 e. The van der Waals surface area contributed by atoms with Crippen LogP contribution in [0, 0.1) is 0 Å². The van der Waals surface area contributed by atoms with Crippen LogP contribution in [0.4, 0.5) is 37.7 Å². The van der Waals surface area contributed by atoms with E-state index in [0.717, 1.165) is 0 Å². The Hall–Kier alpha value is -5.54. The van der Waals surface area contributed by atoms with Gasteiger partial charge < -0.3 is 10.6 Å². The lowest BCUT2D eigenvalue weighted by atomic mass is 10.1. The zero-order chi connectivity index (χ0) is 32.7. The first kappa shape index (κ1) is 33.0. The Balaban J connectivity index is 1.60. The fraction of sp³-hybridized carbons (Fsp3) is 0.143. The summed E-state index contributed by atoms with van der Waals surface area (Å²) in [6.07, 6.45) is -10.1. The minimum atomic E-state index is -5.06. The van der Waals surface area contributed by atoms with E-state index >= 15 is 0 Å². The molecule has 0 unspecified atom stereocenters. The van der Waals surface area contributed by atoms with E-state index in [0.29, 0.717) is 11.1 Å². The SMILES string of the molecule is C/C(=N\NC(=O)c1ccc(C(=O)N/N=C(\C)c2cccc(NC(=O)C(F)(F)F)c2)cc1)c1cccc(NC(=O)C(F)(F)F)c1. The molecule has 4 amide bonds. The average Bonchev–Trinajstić information content (AvgIpc) is 2.97. The van der Waals surface area contributed by atoms with E-state index in [-0.39, 0.29) is 33.9 Å². The van der Waals surface area contributed by atoms with Crippen LogP contribution in [0.25, 0.3) is 0 Å². The highest BCUT2D eigenvalue weighted by atomic mass is 19.4. The van der Waals surface area contributed by atoms with Gasteiger partial charge in [0.15, 0.2) is 0 Å². The summed E-state index contributed by atoms with van der Waals surface area (Å²) in [5.74, 6) is -5.60. The van der Waals surface area contributed by atoms with Gasteiger partial charge in [-0.25, -0.2) is 10.9 Å². The molecular weight excluding hydrogens is 598 g/mol. The van der Waals surface area contributed by atoms with Crippen molar-refractivity contribution in [1.29, 1.82) is 0 Å². The zero-order valence-electron chi connectivity index (χ0n) is 22.7. The van der Waals surface area contributed by atoms with Crippen molar-refractivity contribution in [1.82, 2.24) is 10.9 Å².